The Kier molecular flexibility index (Phi) is 4.81. The third-order valence-corrected chi connectivity index (χ3v) is 0.911. The maximum atomic E-state index is 11.7. The maximum absolute atomic E-state index is 11.7. The van der Waals surface area contributed by atoms with Crippen LogP contribution in [-0.4, -0.2) is 11.8 Å². The fraction of sp³-hybridized carbons (Fsp3) is 0.143. The molecule has 0 amide bonds. The van der Waals surface area contributed by atoms with Crippen LogP contribution < -0.4 is 0 Å². The van der Waals surface area contributed by atoms with Crippen molar-refractivity contribution in [2.45, 2.75) is 6.43 Å². The molecule has 0 aliphatic heterocycles. The first-order chi connectivity index (χ1) is 5.30. The van der Waals surface area contributed by atoms with Crippen molar-refractivity contribution in [3.63, 3.8) is 0 Å². The van der Waals surface area contributed by atoms with E-state index in [2.05, 4.69) is 4.98 Å². The van der Waals surface area contributed by atoms with Gasteiger partial charge in [0.25, 0.3) is 6.43 Å². The molecule has 1 aromatic heterocycles. The van der Waals surface area contributed by atoms with E-state index in [-0.39, 0.29) is 5.69 Å². The number of nitrogens with zero attached hydrogens (tertiary/aromatic N) is 1. The Morgan fingerprint density at radius 1 is 1.36 bits per heavy atom. The molecule has 0 saturated heterocycles. The van der Waals surface area contributed by atoms with Gasteiger partial charge in [-0.2, -0.15) is 0 Å². The summed E-state index contributed by atoms with van der Waals surface area (Å²) in [6, 6.07) is 4.44. The van der Waals surface area contributed by atoms with Crippen LogP contribution in [0.5, 0.6) is 0 Å². The second kappa shape index (κ2) is 5.46. The van der Waals surface area contributed by atoms with Crippen LogP contribution >= 0.6 is 0 Å². The molecule has 1 heterocycles. The van der Waals surface area contributed by atoms with Gasteiger partial charge in [0.2, 0.25) is 0 Å². The van der Waals surface area contributed by atoms with E-state index in [0.717, 1.165) is 0 Å². The second-order valence-electron chi connectivity index (χ2n) is 1.56. The molecule has 0 fully saturated rings. The van der Waals surface area contributed by atoms with Crippen LogP contribution in [0.15, 0.2) is 24.4 Å². The monoisotopic (exact) mass is 159 g/mol. The van der Waals surface area contributed by atoms with Crippen molar-refractivity contribution >= 4 is 6.79 Å². The predicted octanol–water partition coefficient (Wildman–Crippen LogP) is 1.83. The Balaban J connectivity index is 0.000000461. The lowest BCUT2D eigenvalue weighted by molar-refractivity contribution is -0.0979. The summed E-state index contributed by atoms with van der Waals surface area (Å²) in [4.78, 5) is 11.4. The van der Waals surface area contributed by atoms with E-state index in [4.69, 9.17) is 4.79 Å². The molecule has 0 aromatic carbocycles. The Hall–Kier alpha value is -1.32. The van der Waals surface area contributed by atoms with Gasteiger partial charge in [-0.25, -0.2) is 8.78 Å². The minimum Gasteiger partial charge on any atom is -0.307 e. The summed E-state index contributed by atoms with van der Waals surface area (Å²) in [5, 5.41) is 0. The van der Waals surface area contributed by atoms with Gasteiger partial charge >= 0.3 is 0 Å². The quantitative estimate of drug-likeness (QED) is 0.625. The lowest BCUT2D eigenvalue weighted by Crippen LogP contribution is -1.85. The average Bonchev–Trinajstić information content (AvgIpc) is 2.10. The van der Waals surface area contributed by atoms with Crippen molar-refractivity contribution in [2.24, 2.45) is 0 Å². The van der Waals surface area contributed by atoms with Crippen molar-refractivity contribution in [3.05, 3.63) is 30.1 Å². The maximum Gasteiger partial charge on any atom is 0.280 e. The molecule has 0 spiro atoms. The predicted molar refractivity (Wildman–Crippen MR) is 36.3 cm³/mol. The minimum atomic E-state index is -2.45. The van der Waals surface area contributed by atoms with Crippen molar-refractivity contribution in [2.75, 3.05) is 0 Å². The molecule has 0 saturated carbocycles. The van der Waals surface area contributed by atoms with Crippen LogP contribution in [0.4, 0.5) is 8.78 Å². The molecule has 4 heteroatoms. The van der Waals surface area contributed by atoms with Crippen LogP contribution in [0.1, 0.15) is 12.1 Å². The normalized spacial score (nSPS) is 8.64. The van der Waals surface area contributed by atoms with E-state index in [0.29, 0.717) is 0 Å². The molecule has 60 valence electrons. The summed E-state index contributed by atoms with van der Waals surface area (Å²) in [7, 11) is 0. The van der Waals surface area contributed by atoms with E-state index < -0.39 is 6.43 Å². The molecule has 11 heavy (non-hydrogen) atoms. The van der Waals surface area contributed by atoms with Gasteiger partial charge in [0, 0.05) is 6.20 Å². The molecule has 0 unspecified atom stereocenters. The smallest absolute Gasteiger partial charge is 0.280 e. The van der Waals surface area contributed by atoms with Gasteiger partial charge in [-0.1, -0.05) is 6.07 Å². The van der Waals surface area contributed by atoms with Crippen LogP contribution in [0.2, 0.25) is 0 Å². The van der Waals surface area contributed by atoms with E-state index in [1.807, 2.05) is 6.79 Å². The summed E-state index contributed by atoms with van der Waals surface area (Å²) in [6.07, 6.45) is -1.10. The number of carbonyl (C=O) groups excluding carboxylic acids is 1. The highest BCUT2D eigenvalue weighted by Crippen LogP contribution is 2.13. The van der Waals surface area contributed by atoms with Gasteiger partial charge in [0.1, 0.15) is 12.5 Å². The third-order valence-electron chi connectivity index (χ3n) is 0.911. The van der Waals surface area contributed by atoms with Crippen molar-refractivity contribution < 1.29 is 13.6 Å². The summed E-state index contributed by atoms with van der Waals surface area (Å²) >= 11 is 0. The highest BCUT2D eigenvalue weighted by Gasteiger charge is 2.04. The lowest BCUT2D eigenvalue weighted by Gasteiger charge is -1.93. The Labute approximate surface area is 62.9 Å². The van der Waals surface area contributed by atoms with Gasteiger partial charge in [-0.3, -0.25) is 4.98 Å². The first-order valence-corrected chi connectivity index (χ1v) is 2.78. The van der Waals surface area contributed by atoms with Gasteiger partial charge < -0.3 is 4.79 Å². The number of aromatic nitrogens is 1. The fourth-order valence-electron chi connectivity index (χ4n) is 0.505. The van der Waals surface area contributed by atoms with Gasteiger partial charge in [0.15, 0.2) is 0 Å². The van der Waals surface area contributed by atoms with Crippen molar-refractivity contribution in [3.8, 4) is 0 Å². The second-order valence-corrected chi connectivity index (χ2v) is 1.56. The SMILES string of the molecule is C=O.FC(F)c1ccccn1. The van der Waals surface area contributed by atoms with Crippen molar-refractivity contribution in [1.82, 2.24) is 4.98 Å². The highest BCUT2D eigenvalue weighted by atomic mass is 19.3. The minimum absolute atomic E-state index is 0.169. The molecule has 0 radical (unpaired) electrons. The van der Waals surface area contributed by atoms with Crippen LogP contribution in [-0.2, 0) is 4.79 Å². The number of hydrogen-bond acceptors (Lipinski definition) is 2. The highest BCUT2D eigenvalue weighted by molar-refractivity contribution is 5.11. The van der Waals surface area contributed by atoms with Crippen LogP contribution in [0.3, 0.4) is 0 Å². The van der Waals surface area contributed by atoms with Gasteiger partial charge in [-0.05, 0) is 12.1 Å². The Bertz CT molecular complexity index is 191. The van der Waals surface area contributed by atoms with Crippen LogP contribution in [0, 0.1) is 0 Å². The zero-order chi connectivity index (χ0) is 8.69. The Morgan fingerprint density at radius 2 is 2.00 bits per heavy atom. The largest absolute Gasteiger partial charge is 0.307 e. The summed E-state index contributed by atoms with van der Waals surface area (Å²) in [5.41, 5.74) is -0.169. The first-order valence-electron chi connectivity index (χ1n) is 2.78. The standard InChI is InChI=1S/C6H5F2N.CH2O/c7-6(8)5-3-1-2-4-9-5;1-2/h1-4,6H;1H2. The van der Waals surface area contributed by atoms with E-state index >= 15 is 0 Å². The van der Waals surface area contributed by atoms with Crippen molar-refractivity contribution in [1.29, 1.82) is 0 Å². The topological polar surface area (TPSA) is 30.0 Å². The third kappa shape index (κ3) is 3.40. The summed E-state index contributed by atoms with van der Waals surface area (Å²) < 4.78 is 23.4. The Morgan fingerprint density at radius 3 is 2.27 bits per heavy atom. The number of halogens is 2. The fourth-order valence-corrected chi connectivity index (χ4v) is 0.505. The lowest BCUT2D eigenvalue weighted by atomic mass is 10.4. The number of rotatable bonds is 1. The number of hydrogen-bond donors (Lipinski definition) is 0. The van der Waals surface area contributed by atoms with E-state index in [1.54, 1.807) is 6.07 Å². The molecule has 0 aliphatic carbocycles. The molecule has 0 N–H and O–H groups in total. The molecule has 2 nitrogen and oxygen atoms in total. The van der Waals surface area contributed by atoms with E-state index in [9.17, 15) is 8.78 Å². The molecule has 1 rings (SSSR count). The average molecular weight is 159 g/mol. The van der Waals surface area contributed by atoms with E-state index in [1.165, 1.54) is 18.3 Å². The van der Waals surface area contributed by atoms with Crippen LogP contribution in [0.25, 0.3) is 0 Å². The number of alkyl halides is 2. The number of pyridine rings is 1. The molecule has 0 atom stereocenters. The number of carbonyl (C=O) groups is 1. The zero-order valence-electron chi connectivity index (χ0n) is 5.71. The molecule has 1 aromatic rings. The zero-order valence-corrected chi connectivity index (χ0v) is 5.71. The van der Waals surface area contributed by atoms with Gasteiger partial charge in [0.05, 0.1) is 0 Å². The molecule has 0 bridgehead atoms. The summed E-state index contributed by atoms with van der Waals surface area (Å²) in [5.74, 6) is 0. The first kappa shape index (κ1) is 9.68. The molecule has 0 aliphatic rings. The van der Waals surface area contributed by atoms with Gasteiger partial charge in [-0.15, -0.1) is 0 Å². The molecular weight excluding hydrogens is 152 g/mol. The summed E-state index contributed by atoms with van der Waals surface area (Å²) in [6.45, 7) is 2.00. The molecular formula is C7H7F2NO.